The molecular formula is C28H29Cl2FN6O5. The van der Waals surface area contributed by atoms with E-state index in [0.29, 0.717) is 56.1 Å². The Morgan fingerprint density at radius 1 is 1.12 bits per heavy atom. The molecule has 3 heterocycles. The predicted molar refractivity (Wildman–Crippen MR) is 154 cm³/mol. The summed E-state index contributed by atoms with van der Waals surface area (Å²) in [6, 6.07) is 7.18. The number of amides is 3. The van der Waals surface area contributed by atoms with E-state index in [-0.39, 0.29) is 39.0 Å². The van der Waals surface area contributed by atoms with E-state index in [9.17, 15) is 23.9 Å². The van der Waals surface area contributed by atoms with Crippen LogP contribution in [-0.4, -0.2) is 94.2 Å². The molecule has 3 aromatic rings. The SMILES string of the molecule is COc1ccc(-c2cnc(C(=O)Nc3ccc(C(=O)N4CCN(C(=O)C5C[C@H](O)CN5)CC4)c(Cl)c3)n2C)c(Cl)c1F. The Labute approximate surface area is 251 Å². The van der Waals surface area contributed by atoms with Crippen molar-refractivity contribution in [3.05, 3.63) is 63.8 Å². The van der Waals surface area contributed by atoms with E-state index in [4.69, 9.17) is 27.9 Å². The number of nitrogens with zero attached hydrogens (tertiary/aromatic N) is 4. The lowest BCUT2D eigenvalue weighted by Gasteiger charge is -2.36. The lowest BCUT2D eigenvalue weighted by Crippen LogP contribution is -2.54. The molecule has 0 radical (unpaired) electrons. The molecule has 0 spiro atoms. The van der Waals surface area contributed by atoms with Crippen molar-refractivity contribution in [3.8, 4) is 17.0 Å². The maximum absolute atomic E-state index is 14.5. The third-order valence-electron chi connectivity index (χ3n) is 7.48. The highest BCUT2D eigenvalue weighted by Gasteiger charge is 2.34. The number of ether oxygens (including phenoxy) is 1. The van der Waals surface area contributed by atoms with Crippen molar-refractivity contribution in [1.82, 2.24) is 24.7 Å². The zero-order chi connectivity index (χ0) is 30.1. The second-order valence-corrected chi connectivity index (χ2v) is 10.9. The first kappa shape index (κ1) is 29.8. The quantitative estimate of drug-likeness (QED) is 0.387. The average molecular weight is 619 g/mol. The molecule has 3 N–H and O–H groups in total. The summed E-state index contributed by atoms with van der Waals surface area (Å²) >= 11 is 12.6. The molecule has 2 atom stereocenters. The molecule has 0 bridgehead atoms. The number of aromatic nitrogens is 2. The lowest BCUT2D eigenvalue weighted by atomic mass is 10.1. The van der Waals surface area contributed by atoms with E-state index in [2.05, 4.69) is 15.6 Å². The average Bonchev–Trinajstić information content (AvgIpc) is 3.59. The Balaban J connectivity index is 1.22. The number of piperazine rings is 1. The minimum absolute atomic E-state index is 0.00144. The van der Waals surface area contributed by atoms with Crippen molar-refractivity contribution >= 4 is 46.6 Å². The van der Waals surface area contributed by atoms with Crippen LogP contribution in [0.2, 0.25) is 10.0 Å². The topological polar surface area (TPSA) is 129 Å². The largest absolute Gasteiger partial charge is 0.494 e. The van der Waals surface area contributed by atoms with E-state index >= 15 is 0 Å². The number of hydrogen-bond acceptors (Lipinski definition) is 7. The fourth-order valence-electron chi connectivity index (χ4n) is 5.14. The van der Waals surface area contributed by atoms with Crippen LogP contribution in [0.3, 0.4) is 0 Å². The summed E-state index contributed by atoms with van der Waals surface area (Å²) in [5, 5.41) is 15.4. The van der Waals surface area contributed by atoms with Crippen molar-refractivity contribution in [1.29, 1.82) is 0 Å². The van der Waals surface area contributed by atoms with Crippen LogP contribution in [0.1, 0.15) is 27.4 Å². The smallest absolute Gasteiger partial charge is 0.291 e. The number of halogens is 3. The summed E-state index contributed by atoms with van der Waals surface area (Å²) in [6.07, 6.45) is 1.27. The molecule has 222 valence electrons. The van der Waals surface area contributed by atoms with Crippen LogP contribution in [0.5, 0.6) is 5.75 Å². The molecule has 2 aromatic carbocycles. The standard InChI is InChI=1S/C28H29Cl2FN6O5/c1-35-21(18-5-6-22(42-2)24(31)23(18)30)14-33-25(35)26(39)34-15-3-4-17(19(29)11-15)27(40)36-7-9-37(10-8-36)28(41)20-12-16(38)13-32-20/h3-6,11,14,16,20,32,38H,7-10,12-13H2,1-2H3,(H,34,39)/t16-,20?/m0/s1. The van der Waals surface area contributed by atoms with E-state index in [1.165, 1.54) is 36.1 Å². The summed E-state index contributed by atoms with van der Waals surface area (Å²) in [6.45, 7) is 1.85. The van der Waals surface area contributed by atoms with E-state index in [0.717, 1.165) is 0 Å². The number of aliphatic hydroxyl groups excluding tert-OH is 1. The van der Waals surface area contributed by atoms with Gasteiger partial charge in [0.15, 0.2) is 17.4 Å². The molecule has 2 aliphatic rings. The molecule has 3 amide bonds. The van der Waals surface area contributed by atoms with Crippen LogP contribution in [-0.2, 0) is 11.8 Å². The Morgan fingerprint density at radius 3 is 2.48 bits per heavy atom. The van der Waals surface area contributed by atoms with E-state index in [1.54, 1.807) is 29.0 Å². The fraction of sp³-hybridized carbons (Fsp3) is 0.357. The van der Waals surface area contributed by atoms with Crippen LogP contribution in [0.15, 0.2) is 36.5 Å². The van der Waals surface area contributed by atoms with Gasteiger partial charge in [-0.05, 0) is 36.8 Å². The van der Waals surface area contributed by atoms with Gasteiger partial charge in [0, 0.05) is 51.0 Å². The number of carbonyl (C=O) groups is 3. The van der Waals surface area contributed by atoms with Gasteiger partial charge in [-0.2, -0.15) is 0 Å². The zero-order valence-electron chi connectivity index (χ0n) is 22.9. The predicted octanol–water partition coefficient (Wildman–Crippen LogP) is 2.80. The van der Waals surface area contributed by atoms with Gasteiger partial charge < -0.3 is 34.8 Å². The van der Waals surface area contributed by atoms with Crippen molar-refractivity contribution in [2.75, 3.05) is 45.2 Å². The van der Waals surface area contributed by atoms with E-state index < -0.39 is 23.9 Å². The third-order valence-corrected chi connectivity index (χ3v) is 8.16. The van der Waals surface area contributed by atoms with Crippen LogP contribution < -0.4 is 15.4 Å². The van der Waals surface area contributed by atoms with E-state index in [1.807, 2.05) is 0 Å². The lowest BCUT2D eigenvalue weighted by molar-refractivity contribution is -0.134. The number of benzene rings is 2. The van der Waals surface area contributed by atoms with Gasteiger partial charge in [-0.3, -0.25) is 14.4 Å². The first-order valence-electron chi connectivity index (χ1n) is 13.2. The van der Waals surface area contributed by atoms with Gasteiger partial charge in [0.2, 0.25) is 5.91 Å². The van der Waals surface area contributed by atoms with Gasteiger partial charge in [-0.25, -0.2) is 9.37 Å². The Morgan fingerprint density at radius 2 is 1.83 bits per heavy atom. The van der Waals surface area contributed by atoms with Gasteiger partial charge in [0.1, 0.15) is 0 Å². The monoisotopic (exact) mass is 618 g/mol. The molecule has 2 aliphatic heterocycles. The second-order valence-electron chi connectivity index (χ2n) is 10.1. The molecule has 2 saturated heterocycles. The molecule has 1 unspecified atom stereocenters. The maximum atomic E-state index is 14.5. The third kappa shape index (κ3) is 5.80. The Bertz CT molecular complexity index is 1540. The number of methoxy groups -OCH3 is 1. The first-order chi connectivity index (χ1) is 20.1. The maximum Gasteiger partial charge on any atom is 0.291 e. The molecular weight excluding hydrogens is 590 g/mol. The summed E-state index contributed by atoms with van der Waals surface area (Å²) in [7, 11) is 2.94. The number of aliphatic hydroxyl groups is 1. The van der Waals surface area contributed by atoms with Crippen molar-refractivity contribution < 1.29 is 28.6 Å². The van der Waals surface area contributed by atoms with Gasteiger partial charge in [0.25, 0.3) is 11.8 Å². The number of imidazole rings is 1. The van der Waals surface area contributed by atoms with Crippen molar-refractivity contribution in [2.45, 2.75) is 18.6 Å². The van der Waals surface area contributed by atoms with Crippen LogP contribution >= 0.6 is 23.2 Å². The molecule has 0 aliphatic carbocycles. The summed E-state index contributed by atoms with van der Waals surface area (Å²) in [5.74, 6) is -1.57. The van der Waals surface area contributed by atoms with Gasteiger partial charge in [0.05, 0.1) is 46.8 Å². The minimum atomic E-state index is -0.717. The Kier molecular flexibility index (Phi) is 8.69. The number of β-amino-alcohol motifs (C(OH)–C–C–N with tert-alkyl or cyclic N) is 1. The zero-order valence-corrected chi connectivity index (χ0v) is 24.4. The summed E-state index contributed by atoms with van der Waals surface area (Å²) in [4.78, 5) is 46.4. The minimum Gasteiger partial charge on any atom is -0.494 e. The number of carbonyl (C=O) groups excluding carboxylic acids is 3. The van der Waals surface area contributed by atoms with Gasteiger partial charge >= 0.3 is 0 Å². The molecule has 1 aromatic heterocycles. The van der Waals surface area contributed by atoms with Crippen molar-refractivity contribution in [3.63, 3.8) is 0 Å². The van der Waals surface area contributed by atoms with Gasteiger partial charge in [-0.15, -0.1) is 0 Å². The van der Waals surface area contributed by atoms with Gasteiger partial charge in [-0.1, -0.05) is 23.2 Å². The highest BCUT2D eigenvalue weighted by Crippen LogP contribution is 2.35. The highest BCUT2D eigenvalue weighted by molar-refractivity contribution is 6.34. The molecule has 42 heavy (non-hydrogen) atoms. The molecule has 14 heteroatoms. The molecule has 5 rings (SSSR count). The van der Waals surface area contributed by atoms with Crippen molar-refractivity contribution in [2.24, 2.45) is 7.05 Å². The van der Waals surface area contributed by atoms with Crippen LogP contribution in [0.25, 0.3) is 11.3 Å². The highest BCUT2D eigenvalue weighted by atomic mass is 35.5. The molecule has 2 fully saturated rings. The normalized spacial score (nSPS) is 18.7. The summed E-state index contributed by atoms with van der Waals surface area (Å²) in [5.41, 5.74) is 1.38. The number of nitrogens with one attached hydrogen (secondary N) is 2. The second kappa shape index (κ2) is 12.3. The molecule has 11 nitrogen and oxygen atoms in total. The van der Waals surface area contributed by atoms with Crippen LogP contribution in [0, 0.1) is 5.82 Å². The number of rotatable bonds is 6. The Hall–Kier alpha value is -3.71. The van der Waals surface area contributed by atoms with Crippen LogP contribution in [0.4, 0.5) is 10.1 Å². The number of hydrogen-bond donors (Lipinski definition) is 3. The first-order valence-corrected chi connectivity index (χ1v) is 14.0. The summed E-state index contributed by atoms with van der Waals surface area (Å²) < 4.78 is 20.9. The fourth-order valence-corrected chi connectivity index (χ4v) is 5.65. The molecule has 0 saturated carbocycles. The number of anilines is 1.